The van der Waals surface area contributed by atoms with Gasteiger partial charge in [-0.3, -0.25) is 4.57 Å². The third-order valence-corrected chi connectivity index (χ3v) is 3.97. The van der Waals surface area contributed by atoms with E-state index in [0.29, 0.717) is 23.9 Å². The van der Waals surface area contributed by atoms with Gasteiger partial charge in [0.2, 0.25) is 0 Å². The van der Waals surface area contributed by atoms with Crippen molar-refractivity contribution in [1.82, 2.24) is 14.5 Å². The Morgan fingerprint density at radius 1 is 1.12 bits per heavy atom. The van der Waals surface area contributed by atoms with Gasteiger partial charge in [-0.15, -0.1) is 0 Å². The fourth-order valence-corrected chi connectivity index (χ4v) is 2.72. The van der Waals surface area contributed by atoms with Crippen LogP contribution in [0.1, 0.15) is 42.7 Å². The number of pyridine rings is 1. The fourth-order valence-electron chi connectivity index (χ4n) is 2.72. The van der Waals surface area contributed by atoms with Gasteiger partial charge in [0.1, 0.15) is 12.1 Å². The smallest absolute Gasteiger partial charge is 0.359 e. The molecule has 0 aliphatic heterocycles. The van der Waals surface area contributed by atoms with Crippen molar-refractivity contribution in [1.29, 1.82) is 0 Å². The summed E-state index contributed by atoms with van der Waals surface area (Å²) in [6.45, 7) is 6.26. The van der Waals surface area contributed by atoms with Crippen LogP contribution in [-0.4, -0.2) is 27.1 Å². The van der Waals surface area contributed by atoms with Gasteiger partial charge in [0.15, 0.2) is 11.5 Å². The molecule has 0 aliphatic carbocycles. The van der Waals surface area contributed by atoms with Crippen molar-refractivity contribution in [3.05, 3.63) is 66.2 Å². The number of imidazole rings is 1. The van der Waals surface area contributed by atoms with E-state index in [-0.39, 0.29) is 5.92 Å². The molecule has 0 bridgehead atoms. The summed E-state index contributed by atoms with van der Waals surface area (Å²) >= 11 is 0. The molecule has 0 unspecified atom stereocenters. The van der Waals surface area contributed by atoms with E-state index in [4.69, 9.17) is 4.74 Å². The lowest BCUT2D eigenvalue weighted by atomic mass is 10.0. The molecular formula is C20H22N4O2. The Morgan fingerprint density at radius 3 is 2.58 bits per heavy atom. The van der Waals surface area contributed by atoms with Crippen LogP contribution in [0.4, 0.5) is 11.6 Å². The number of carbonyl (C=O) groups excluding carboxylic acids is 1. The largest absolute Gasteiger partial charge is 0.461 e. The van der Waals surface area contributed by atoms with Crippen molar-refractivity contribution in [2.24, 2.45) is 0 Å². The standard InChI is InChI=1S/C20H22N4O2/c1-4-26-20(25)17-19(22-13-24(17)15-9-6-5-7-10-15)23-18-16(14(2)3)11-8-12-21-18/h5-14H,4H2,1-3H3,(H,21,23). The highest BCUT2D eigenvalue weighted by molar-refractivity contribution is 5.94. The second-order valence-corrected chi connectivity index (χ2v) is 6.09. The number of aromatic nitrogens is 3. The van der Waals surface area contributed by atoms with E-state index < -0.39 is 5.97 Å². The summed E-state index contributed by atoms with van der Waals surface area (Å²) in [4.78, 5) is 21.4. The Kier molecular flexibility index (Phi) is 5.31. The Balaban J connectivity index is 2.05. The molecule has 26 heavy (non-hydrogen) atoms. The summed E-state index contributed by atoms with van der Waals surface area (Å²) in [5.41, 5.74) is 2.23. The zero-order valence-electron chi connectivity index (χ0n) is 15.1. The van der Waals surface area contributed by atoms with Gasteiger partial charge in [-0.25, -0.2) is 14.8 Å². The predicted molar refractivity (Wildman–Crippen MR) is 101 cm³/mol. The second kappa shape index (κ2) is 7.82. The second-order valence-electron chi connectivity index (χ2n) is 6.09. The fraction of sp³-hybridized carbons (Fsp3) is 0.250. The highest BCUT2D eigenvalue weighted by atomic mass is 16.5. The molecule has 6 nitrogen and oxygen atoms in total. The minimum atomic E-state index is -0.432. The van der Waals surface area contributed by atoms with E-state index in [9.17, 15) is 4.79 Å². The van der Waals surface area contributed by atoms with Crippen molar-refractivity contribution in [3.63, 3.8) is 0 Å². The molecule has 1 aromatic carbocycles. The molecule has 0 atom stereocenters. The van der Waals surface area contributed by atoms with Crippen LogP contribution in [0.5, 0.6) is 0 Å². The summed E-state index contributed by atoms with van der Waals surface area (Å²) in [5.74, 6) is 0.964. The van der Waals surface area contributed by atoms with Gasteiger partial charge in [0.05, 0.1) is 6.61 Å². The maximum absolute atomic E-state index is 12.6. The lowest BCUT2D eigenvalue weighted by Crippen LogP contribution is -2.13. The number of rotatable bonds is 6. The van der Waals surface area contributed by atoms with E-state index in [0.717, 1.165) is 11.3 Å². The third kappa shape index (κ3) is 3.59. The molecule has 3 aromatic rings. The van der Waals surface area contributed by atoms with E-state index in [1.54, 1.807) is 24.0 Å². The number of para-hydroxylation sites is 1. The van der Waals surface area contributed by atoms with Gasteiger partial charge >= 0.3 is 5.97 Å². The van der Waals surface area contributed by atoms with Crippen LogP contribution in [0.2, 0.25) is 0 Å². The molecular weight excluding hydrogens is 328 g/mol. The zero-order chi connectivity index (χ0) is 18.5. The lowest BCUT2D eigenvalue weighted by Gasteiger charge is -2.13. The third-order valence-electron chi connectivity index (χ3n) is 3.97. The molecule has 3 rings (SSSR count). The van der Waals surface area contributed by atoms with Crippen LogP contribution >= 0.6 is 0 Å². The maximum Gasteiger partial charge on any atom is 0.359 e. The number of hydrogen-bond acceptors (Lipinski definition) is 5. The Hall–Kier alpha value is -3.15. The van der Waals surface area contributed by atoms with Crippen molar-refractivity contribution in [3.8, 4) is 5.69 Å². The van der Waals surface area contributed by atoms with Gasteiger partial charge in [-0.2, -0.15) is 0 Å². The van der Waals surface area contributed by atoms with Gasteiger partial charge < -0.3 is 10.1 Å². The molecule has 0 radical (unpaired) electrons. The van der Waals surface area contributed by atoms with Crippen LogP contribution in [0.3, 0.4) is 0 Å². The molecule has 0 saturated heterocycles. The van der Waals surface area contributed by atoms with Gasteiger partial charge in [-0.1, -0.05) is 38.1 Å². The number of anilines is 2. The summed E-state index contributed by atoms with van der Waals surface area (Å²) in [6, 6.07) is 13.5. The van der Waals surface area contributed by atoms with Crippen LogP contribution < -0.4 is 5.32 Å². The zero-order valence-corrected chi connectivity index (χ0v) is 15.1. The molecule has 1 N–H and O–H groups in total. The summed E-state index contributed by atoms with van der Waals surface area (Å²) in [6.07, 6.45) is 3.33. The number of nitrogens with zero attached hydrogens (tertiary/aromatic N) is 3. The predicted octanol–water partition coefficient (Wildman–Crippen LogP) is 4.31. The normalized spacial score (nSPS) is 10.8. The highest BCUT2D eigenvalue weighted by Gasteiger charge is 2.22. The molecule has 0 aliphatic rings. The maximum atomic E-state index is 12.6. The SMILES string of the molecule is CCOC(=O)c1c(Nc2ncccc2C(C)C)ncn1-c1ccccc1. The van der Waals surface area contributed by atoms with Crippen molar-refractivity contribution < 1.29 is 9.53 Å². The number of ether oxygens (including phenoxy) is 1. The first-order chi connectivity index (χ1) is 12.6. The quantitative estimate of drug-likeness (QED) is 0.671. The van der Waals surface area contributed by atoms with E-state index in [1.165, 1.54) is 0 Å². The van der Waals surface area contributed by atoms with Crippen LogP contribution in [0.15, 0.2) is 55.0 Å². The number of hydrogen-bond donors (Lipinski definition) is 1. The monoisotopic (exact) mass is 350 g/mol. The van der Waals surface area contributed by atoms with E-state index in [2.05, 4.69) is 29.1 Å². The van der Waals surface area contributed by atoms with E-state index >= 15 is 0 Å². The Morgan fingerprint density at radius 2 is 1.88 bits per heavy atom. The molecule has 2 aromatic heterocycles. The first-order valence-electron chi connectivity index (χ1n) is 8.63. The average Bonchev–Trinajstić information content (AvgIpc) is 3.06. The number of benzene rings is 1. The summed E-state index contributed by atoms with van der Waals surface area (Å²) < 4.78 is 6.96. The van der Waals surface area contributed by atoms with Gasteiger partial charge in [0.25, 0.3) is 0 Å². The molecule has 0 amide bonds. The molecule has 0 fully saturated rings. The topological polar surface area (TPSA) is 69.0 Å². The first-order valence-corrected chi connectivity index (χ1v) is 8.63. The molecule has 2 heterocycles. The van der Waals surface area contributed by atoms with Crippen molar-refractivity contribution in [2.45, 2.75) is 26.7 Å². The van der Waals surface area contributed by atoms with Gasteiger partial charge in [-0.05, 0) is 36.6 Å². The number of esters is 1. The Bertz CT molecular complexity index is 888. The van der Waals surface area contributed by atoms with Gasteiger partial charge in [0, 0.05) is 11.9 Å². The minimum absolute atomic E-state index is 0.286. The molecule has 0 spiro atoms. The lowest BCUT2D eigenvalue weighted by molar-refractivity contribution is 0.0518. The number of nitrogens with one attached hydrogen (secondary N) is 1. The number of carbonyl (C=O) groups is 1. The van der Waals surface area contributed by atoms with Crippen molar-refractivity contribution in [2.75, 3.05) is 11.9 Å². The average molecular weight is 350 g/mol. The molecule has 0 saturated carbocycles. The molecule has 6 heteroatoms. The van der Waals surface area contributed by atoms with E-state index in [1.807, 2.05) is 42.5 Å². The summed E-state index contributed by atoms with van der Waals surface area (Å²) in [5, 5.41) is 3.21. The summed E-state index contributed by atoms with van der Waals surface area (Å²) in [7, 11) is 0. The molecule has 134 valence electrons. The van der Waals surface area contributed by atoms with Crippen LogP contribution in [0, 0.1) is 0 Å². The first kappa shape index (κ1) is 17.7. The van der Waals surface area contributed by atoms with Crippen molar-refractivity contribution >= 4 is 17.6 Å². The Labute approximate surface area is 152 Å². The minimum Gasteiger partial charge on any atom is -0.461 e. The van der Waals surface area contributed by atoms with Crippen LogP contribution in [-0.2, 0) is 4.74 Å². The van der Waals surface area contributed by atoms with Crippen LogP contribution in [0.25, 0.3) is 5.69 Å². The highest BCUT2D eigenvalue weighted by Crippen LogP contribution is 2.27.